The van der Waals surface area contributed by atoms with Gasteiger partial charge < -0.3 is 15.6 Å². The van der Waals surface area contributed by atoms with Gasteiger partial charge in [0, 0.05) is 16.6 Å². The van der Waals surface area contributed by atoms with E-state index in [4.69, 9.17) is 10.2 Å². The van der Waals surface area contributed by atoms with Crippen molar-refractivity contribution in [2.75, 3.05) is 5.32 Å². The van der Waals surface area contributed by atoms with Crippen molar-refractivity contribution in [1.29, 1.82) is 5.26 Å². The molecule has 0 aliphatic heterocycles. The van der Waals surface area contributed by atoms with E-state index in [0.29, 0.717) is 11.3 Å². The molecular formula is C22H21N5O. The van der Waals surface area contributed by atoms with Gasteiger partial charge in [-0.15, -0.1) is 0 Å². The van der Waals surface area contributed by atoms with Gasteiger partial charge in [-0.25, -0.2) is 9.78 Å². The van der Waals surface area contributed by atoms with Crippen molar-refractivity contribution in [3.63, 3.8) is 0 Å². The molecule has 0 unspecified atom stereocenters. The number of carbonyl (C=O) groups excluding carboxylic acids is 1. The molecule has 3 aromatic rings. The Balaban J connectivity index is 1.29. The van der Waals surface area contributed by atoms with Crippen LogP contribution in [-0.4, -0.2) is 21.5 Å². The number of aromatic nitrogens is 2. The molecule has 1 aromatic heterocycles. The lowest BCUT2D eigenvalue weighted by Gasteiger charge is -2.59. The summed E-state index contributed by atoms with van der Waals surface area (Å²) in [6.07, 6.45) is 5.01. The van der Waals surface area contributed by atoms with E-state index in [2.05, 4.69) is 27.8 Å². The summed E-state index contributed by atoms with van der Waals surface area (Å²) in [5.41, 5.74) is 3.22. The van der Waals surface area contributed by atoms with Crippen LogP contribution in [0.5, 0.6) is 0 Å². The van der Waals surface area contributed by atoms with Gasteiger partial charge in [0.05, 0.1) is 22.7 Å². The monoisotopic (exact) mass is 371 g/mol. The maximum Gasteiger partial charge on any atom is 0.319 e. The molecule has 3 aliphatic rings. The number of urea groups is 1. The van der Waals surface area contributed by atoms with Crippen LogP contribution in [0.3, 0.4) is 0 Å². The molecule has 28 heavy (non-hydrogen) atoms. The fourth-order valence-corrected chi connectivity index (χ4v) is 5.03. The number of fused-ring (bicyclic) bond motifs is 3. The summed E-state index contributed by atoms with van der Waals surface area (Å²) in [4.78, 5) is 20.9. The molecule has 0 radical (unpaired) electrons. The molecule has 2 aromatic carbocycles. The average Bonchev–Trinajstić information content (AvgIpc) is 3.13. The molecule has 3 aliphatic carbocycles. The number of rotatable bonds is 3. The van der Waals surface area contributed by atoms with E-state index in [-0.39, 0.29) is 17.0 Å². The van der Waals surface area contributed by atoms with Crippen molar-refractivity contribution >= 4 is 22.8 Å². The highest BCUT2D eigenvalue weighted by Crippen LogP contribution is 2.58. The summed E-state index contributed by atoms with van der Waals surface area (Å²) in [6, 6.07) is 16.9. The number of anilines is 1. The van der Waals surface area contributed by atoms with E-state index < -0.39 is 0 Å². The van der Waals surface area contributed by atoms with E-state index in [1.807, 2.05) is 18.2 Å². The number of imidazole rings is 1. The third-order valence-electron chi connectivity index (χ3n) is 6.21. The SMILES string of the molecule is N#Cc1ccc(NC(=O)NC23CCCC(c4nc5ccccc5[nH]4)(C2)C3)cc1. The summed E-state index contributed by atoms with van der Waals surface area (Å²) >= 11 is 0. The Labute approximate surface area is 163 Å². The molecule has 2 amide bonds. The zero-order valence-electron chi connectivity index (χ0n) is 15.5. The van der Waals surface area contributed by atoms with Crippen molar-refractivity contribution < 1.29 is 4.79 Å². The third-order valence-corrected chi connectivity index (χ3v) is 6.21. The molecule has 2 bridgehead atoms. The van der Waals surface area contributed by atoms with Crippen molar-refractivity contribution in [2.45, 2.75) is 43.1 Å². The maximum atomic E-state index is 12.5. The number of hydrogen-bond donors (Lipinski definition) is 3. The van der Waals surface area contributed by atoms with Crippen molar-refractivity contribution in [2.24, 2.45) is 0 Å². The van der Waals surface area contributed by atoms with Gasteiger partial charge in [0.25, 0.3) is 0 Å². The number of nitrogens with zero attached hydrogens (tertiary/aromatic N) is 2. The Bertz CT molecular complexity index is 1050. The standard InChI is InChI=1S/C22H21N5O/c23-12-15-6-8-16(9-7-15)24-20(28)27-22-11-3-10-21(13-22,14-22)19-25-17-4-1-2-5-18(17)26-19/h1-2,4-9H,3,10-11,13-14H2,(H,25,26)(H2,24,27,28). The number of H-pyrrole nitrogens is 1. The smallest absolute Gasteiger partial charge is 0.319 e. The first-order chi connectivity index (χ1) is 13.6. The highest BCUT2D eigenvalue weighted by molar-refractivity contribution is 5.90. The first-order valence-electron chi connectivity index (χ1n) is 9.64. The summed E-state index contributed by atoms with van der Waals surface area (Å²) in [5, 5.41) is 15.0. The van der Waals surface area contributed by atoms with Crippen LogP contribution in [0.15, 0.2) is 48.5 Å². The van der Waals surface area contributed by atoms with E-state index in [1.165, 1.54) is 0 Å². The normalized spacial score (nSPS) is 25.5. The Kier molecular flexibility index (Phi) is 3.66. The summed E-state index contributed by atoms with van der Waals surface area (Å²) in [5.74, 6) is 1.05. The Morgan fingerprint density at radius 2 is 1.89 bits per heavy atom. The zero-order chi connectivity index (χ0) is 19.2. The first-order valence-corrected chi connectivity index (χ1v) is 9.64. The van der Waals surface area contributed by atoms with Gasteiger partial charge in [0.1, 0.15) is 5.82 Å². The predicted octanol–water partition coefficient (Wildman–Crippen LogP) is 4.21. The van der Waals surface area contributed by atoms with Gasteiger partial charge >= 0.3 is 6.03 Å². The lowest BCUT2D eigenvalue weighted by Crippen LogP contribution is -2.67. The topological polar surface area (TPSA) is 93.6 Å². The van der Waals surface area contributed by atoms with E-state index in [0.717, 1.165) is 49.0 Å². The molecule has 6 heteroatoms. The van der Waals surface area contributed by atoms with Crippen LogP contribution in [0, 0.1) is 11.3 Å². The van der Waals surface area contributed by atoms with Gasteiger partial charge in [-0.2, -0.15) is 5.26 Å². The van der Waals surface area contributed by atoms with Crippen LogP contribution < -0.4 is 10.6 Å². The summed E-state index contributed by atoms with van der Waals surface area (Å²) in [6.45, 7) is 0. The maximum absolute atomic E-state index is 12.5. The molecule has 0 spiro atoms. The molecular weight excluding hydrogens is 350 g/mol. The number of carbonyl (C=O) groups is 1. The van der Waals surface area contributed by atoms with Gasteiger partial charge in [-0.1, -0.05) is 18.6 Å². The van der Waals surface area contributed by atoms with E-state index >= 15 is 0 Å². The quantitative estimate of drug-likeness (QED) is 0.644. The first kappa shape index (κ1) is 16.8. The van der Waals surface area contributed by atoms with Crippen LogP contribution in [0.1, 0.15) is 43.5 Å². The number of amides is 2. The second kappa shape index (κ2) is 6.10. The van der Waals surface area contributed by atoms with Crippen LogP contribution in [0.4, 0.5) is 10.5 Å². The lowest BCUT2D eigenvalue weighted by atomic mass is 9.49. The number of benzene rings is 2. The summed E-state index contributed by atoms with van der Waals surface area (Å²) in [7, 11) is 0. The number of hydrogen-bond acceptors (Lipinski definition) is 3. The van der Waals surface area contributed by atoms with Crippen LogP contribution >= 0.6 is 0 Å². The number of nitriles is 1. The minimum atomic E-state index is -0.190. The molecule has 0 saturated heterocycles. The summed E-state index contributed by atoms with van der Waals surface area (Å²) < 4.78 is 0. The molecule has 0 atom stereocenters. The second-order valence-corrected chi connectivity index (χ2v) is 8.14. The van der Waals surface area contributed by atoms with E-state index in [1.54, 1.807) is 24.3 Å². The van der Waals surface area contributed by atoms with E-state index in [9.17, 15) is 4.79 Å². The van der Waals surface area contributed by atoms with Gasteiger partial charge in [0.2, 0.25) is 0 Å². The Morgan fingerprint density at radius 3 is 2.64 bits per heavy atom. The van der Waals surface area contributed by atoms with Gasteiger partial charge in [-0.3, -0.25) is 0 Å². The molecule has 3 fully saturated rings. The fourth-order valence-electron chi connectivity index (χ4n) is 5.03. The Hall–Kier alpha value is -3.33. The number of para-hydroxylation sites is 2. The highest BCUT2D eigenvalue weighted by Gasteiger charge is 2.60. The molecule has 1 heterocycles. The fraction of sp³-hybridized carbons (Fsp3) is 0.318. The van der Waals surface area contributed by atoms with Crippen molar-refractivity contribution in [1.82, 2.24) is 15.3 Å². The molecule has 3 saturated carbocycles. The molecule has 140 valence electrons. The molecule has 3 N–H and O–H groups in total. The largest absolute Gasteiger partial charge is 0.342 e. The van der Waals surface area contributed by atoms with Gasteiger partial charge in [-0.05, 0) is 62.1 Å². The van der Waals surface area contributed by atoms with Crippen molar-refractivity contribution in [3.05, 3.63) is 59.9 Å². The lowest BCUT2D eigenvalue weighted by molar-refractivity contribution is 0.0132. The molecule has 6 rings (SSSR count). The number of aromatic amines is 1. The number of nitrogens with one attached hydrogen (secondary N) is 3. The molecule has 6 nitrogen and oxygen atoms in total. The Morgan fingerprint density at radius 1 is 1.11 bits per heavy atom. The third kappa shape index (κ3) is 2.71. The van der Waals surface area contributed by atoms with Gasteiger partial charge in [0.15, 0.2) is 0 Å². The second-order valence-electron chi connectivity index (χ2n) is 8.14. The van der Waals surface area contributed by atoms with Crippen molar-refractivity contribution in [3.8, 4) is 6.07 Å². The van der Waals surface area contributed by atoms with Crippen LogP contribution in [0.2, 0.25) is 0 Å². The minimum Gasteiger partial charge on any atom is -0.342 e. The minimum absolute atomic E-state index is 0.0407. The average molecular weight is 371 g/mol. The van der Waals surface area contributed by atoms with Crippen LogP contribution in [0.25, 0.3) is 11.0 Å². The highest BCUT2D eigenvalue weighted by atomic mass is 16.2. The zero-order valence-corrected chi connectivity index (χ0v) is 15.5. The predicted molar refractivity (Wildman–Crippen MR) is 107 cm³/mol. The van der Waals surface area contributed by atoms with Crippen LogP contribution in [-0.2, 0) is 5.41 Å².